The smallest absolute Gasteiger partial charge is 0.226 e. The minimum absolute atomic E-state index is 0.0825. The maximum atomic E-state index is 11.7. The van der Waals surface area contributed by atoms with Gasteiger partial charge in [-0.2, -0.15) is 5.10 Å². The summed E-state index contributed by atoms with van der Waals surface area (Å²) in [6.45, 7) is 0.422. The number of carbonyl (C=O) groups is 1. The van der Waals surface area contributed by atoms with E-state index in [1.54, 1.807) is 4.68 Å². The Balaban J connectivity index is 1.95. The fraction of sp³-hybridized carbons (Fsp3) is 0.182. The number of nitrogens with zero attached hydrogens (tertiary/aromatic N) is 3. The maximum Gasteiger partial charge on any atom is 0.226 e. The first-order chi connectivity index (χ1) is 9.06. The summed E-state index contributed by atoms with van der Waals surface area (Å²) in [5.74, 6) is -0.419. The van der Waals surface area contributed by atoms with E-state index in [1.807, 2.05) is 0 Å². The summed E-state index contributed by atoms with van der Waals surface area (Å²) in [5, 5.41) is 16.1. The number of hydrogen-bond donors (Lipinski definition) is 2. The molecule has 6 nitrogen and oxygen atoms in total. The van der Waals surface area contributed by atoms with Crippen molar-refractivity contribution in [3.05, 3.63) is 34.8 Å². The molecule has 0 radical (unpaired) electrons. The third-order valence-electron chi connectivity index (χ3n) is 2.34. The first-order valence-electron chi connectivity index (χ1n) is 5.36. The Hall–Kier alpha value is -1.79. The second-order valence-electron chi connectivity index (χ2n) is 3.75. The molecule has 0 aliphatic rings. The Morgan fingerprint density at radius 2 is 2.05 bits per heavy atom. The van der Waals surface area contributed by atoms with Crippen molar-refractivity contribution in [1.29, 1.82) is 0 Å². The molecule has 0 aliphatic heterocycles. The van der Waals surface area contributed by atoms with Crippen LogP contribution in [0.1, 0.15) is 6.42 Å². The molecule has 1 heterocycles. The maximum absolute atomic E-state index is 11.7. The molecule has 0 unspecified atom stereocenters. The number of hydrogen-bond acceptors (Lipinski definition) is 4. The molecular formula is C11H10Cl2N4O2. The van der Waals surface area contributed by atoms with E-state index < -0.39 is 0 Å². The Morgan fingerprint density at radius 3 is 2.63 bits per heavy atom. The third kappa shape index (κ3) is 3.59. The molecule has 0 spiro atoms. The Kier molecular flexibility index (Phi) is 4.24. The molecule has 100 valence electrons. The molecule has 0 saturated carbocycles. The van der Waals surface area contributed by atoms with Crippen molar-refractivity contribution < 1.29 is 9.90 Å². The zero-order valence-electron chi connectivity index (χ0n) is 9.68. The number of aromatic nitrogens is 3. The summed E-state index contributed by atoms with van der Waals surface area (Å²) >= 11 is 11.5. The van der Waals surface area contributed by atoms with Crippen molar-refractivity contribution in [2.24, 2.45) is 0 Å². The van der Waals surface area contributed by atoms with E-state index in [0.29, 0.717) is 12.2 Å². The molecule has 19 heavy (non-hydrogen) atoms. The van der Waals surface area contributed by atoms with E-state index in [-0.39, 0.29) is 28.1 Å². The van der Waals surface area contributed by atoms with Crippen molar-refractivity contribution in [2.75, 3.05) is 5.32 Å². The first kappa shape index (κ1) is 13.6. The molecule has 2 rings (SSSR count). The van der Waals surface area contributed by atoms with Crippen LogP contribution in [0.25, 0.3) is 0 Å². The van der Waals surface area contributed by atoms with Gasteiger partial charge in [0.05, 0.1) is 16.6 Å². The molecule has 0 saturated heterocycles. The van der Waals surface area contributed by atoms with Gasteiger partial charge >= 0.3 is 0 Å². The fourth-order valence-electron chi connectivity index (χ4n) is 1.43. The monoisotopic (exact) mass is 300 g/mol. The van der Waals surface area contributed by atoms with Gasteiger partial charge in [0.15, 0.2) is 5.75 Å². The normalized spacial score (nSPS) is 10.4. The predicted molar refractivity (Wildman–Crippen MR) is 71.4 cm³/mol. The van der Waals surface area contributed by atoms with E-state index >= 15 is 0 Å². The van der Waals surface area contributed by atoms with Gasteiger partial charge < -0.3 is 10.4 Å². The lowest BCUT2D eigenvalue weighted by Gasteiger charge is -2.07. The van der Waals surface area contributed by atoms with Gasteiger partial charge in [0.2, 0.25) is 5.91 Å². The average Bonchev–Trinajstić information content (AvgIpc) is 2.86. The van der Waals surface area contributed by atoms with Crippen LogP contribution in [0.15, 0.2) is 24.8 Å². The van der Waals surface area contributed by atoms with Gasteiger partial charge in [-0.1, -0.05) is 23.2 Å². The Labute approximate surface area is 119 Å². The molecule has 1 amide bonds. The number of halogens is 2. The summed E-state index contributed by atoms with van der Waals surface area (Å²) in [7, 11) is 0. The summed E-state index contributed by atoms with van der Waals surface area (Å²) in [6, 6.07) is 2.85. The van der Waals surface area contributed by atoms with Crippen LogP contribution < -0.4 is 5.32 Å². The topological polar surface area (TPSA) is 80.0 Å². The van der Waals surface area contributed by atoms with Crippen LogP contribution in [-0.2, 0) is 11.3 Å². The van der Waals surface area contributed by atoms with Gasteiger partial charge in [0.1, 0.15) is 12.7 Å². The Morgan fingerprint density at radius 1 is 1.37 bits per heavy atom. The highest BCUT2D eigenvalue weighted by molar-refractivity contribution is 6.37. The molecule has 8 heteroatoms. The molecule has 0 fully saturated rings. The number of aromatic hydroxyl groups is 1. The number of nitrogens with one attached hydrogen (secondary N) is 1. The SMILES string of the molecule is O=C(CCn1cncn1)Nc1cc(Cl)c(O)c(Cl)c1. The van der Waals surface area contributed by atoms with E-state index in [2.05, 4.69) is 15.4 Å². The lowest BCUT2D eigenvalue weighted by molar-refractivity contribution is -0.116. The lowest BCUT2D eigenvalue weighted by atomic mass is 10.3. The van der Waals surface area contributed by atoms with Crippen molar-refractivity contribution in [3.8, 4) is 5.75 Å². The number of amides is 1. The largest absolute Gasteiger partial charge is 0.505 e. The van der Waals surface area contributed by atoms with Gasteiger partial charge in [0.25, 0.3) is 0 Å². The minimum atomic E-state index is -0.215. The van der Waals surface area contributed by atoms with Crippen molar-refractivity contribution in [2.45, 2.75) is 13.0 Å². The van der Waals surface area contributed by atoms with Crippen molar-refractivity contribution in [3.63, 3.8) is 0 Å². The van der Waals surface area contributed by atoms with Crippen LogP contribution in [0.3, 0.4) is 0 Å². The highest BCUT2D eigenvalue weighted by Crippen LogP contribution is 2.34. The first-order valence-corrected chi connectivity index (χ1v) is 6.12. The standard InChI is InChI=1S/C11H10Cl2N4O2/c12-8-3-7(4-9(13)11(8)19)16-10(18)1-2-17-6-14-5-15-17/h3-6,19H,1-2H2,(H,16,18). The molecule has 2 aromatic rings. The average molecular weight is 301 g/mol. The fourth-order valence-corrected chi connectivity index (χ4v) is 1.91. The van der Waals surface area contributed by atoms with E-state index in [9.17, 15) is 9.90 Å². The van der Waals surface area contributed by atoms with E-state index in [4.69, 9.17) is 23.2 Å². The van der Waals surface area contributed by atoms with Gasteiger partial charge in [0, 0.05) is 12.1 Å². The van der Waals surface area contributed by atoms with Gasteiger partial charge in [-0.05, 0) is 12.1 Å². The van der Waals surface area contributed by atoms with Crippen LogP contribution >= 0.6 is 23.2 Å². The number of carbonyl (C=O) groups excluding carboxylic acids is 1. The molecule has 0 bridgehead atoms. The highest BCUT2D eigenvalue weighted by atomic mass is 35.5. The zero-order chi connectivity index (χ0) is 13.8. The Bertz CT molecular complexity index is 563. The zero-order valence-corrected chi connectivity index (χ0v) is 11.2. The van der Waals surface area contributed by atoms with Crippen LogP contribution in [0.5, 0.6) is 5.75 Å². The van der Waals surface area contributed by atoms with Crippen LogP contribution in [0, 0.1) is 0 Å². The number of benzene rings is 1. The number of phenols is 1. The van der Waals surface area contributed by atoms with Gasteiger partial charge in [-0.15, -0.1) is 0 Å². The second-order valence-corrected chi connectivity index (χ2v) is 4.56. The molecule has 0 aliphatic carbocycles. The minimum Gasteiger partial charge on any atom is -0.505 e. The summed E-state index contributed by atoms with van der Waals surface area (Å²) in [5.41, 5.74) is 0.427. The second kappa shape index (κ2) is 5.90. The molecular weight excluding hydrogens is 291 g/mol. The quantitative estimate of drug-likeness (QED) is 0.849. The number of rotatable bonds is 4. The van der Waals surface area contributed by atoms with Gasteiger partial charge in [-0.3, -0.25) is 9.48 Å². The number of phenolic OH excluding ortho intramolecular Hbond substituents is 1. The van der Waals surface area contributed by atoms with Gasteiger partial charge in [-0.25, -0.2) is 4.98 Å². The molecule has 1 aromatic heterocycles. The number of aryl methyl sites for hydroxylation is 1. The summed E-state index contributed by atoms with van der Waals surface area (Å²) in [4.78, 5) is 15.5. The lowest BCUT2D eigenvalue weighted by Crippen LogP contribution is -2.14. The van der Waals surface area contributed by atoms with E-state index in [1.165, 1.54) is 24.8 Å². The summed E-state index contributed by atoms with van der Waals surface area (Å²) < 4.78 is 1.55. The molecule has 1 aromatic carbocycles. The highest BCUT2D eigenvalue weighted by Gasteiger charge is 2.09. The van der Waals surface area contributed by atoms with E-state index in [0.717, 1.165) is 0 Å². The van der Waals surface area contributed by atoms with Crippen LogP contribution in [0.2, 0.25) is 10.0 Å². The molecule has 0 atom stereocenters. The van der Waals surface area contributed by atoms with Crippen LogP contribution in [-0.4, -0.2) is 25.8 Å². The molecule has 2 N–H and O–H groups in total. The third-order valence-corrected chi connectivity index (χ3v) is 2.91. The van der Waals surface area contributed by atoms with Crippen molar-refractivity contribution >= 4 is 34.8 Å². The van der Waals surface area contributed by atoms with Crippen molar-refractivity contribution in [1.82, 2.24) is 14.8 Å². The van der Waals surface area contributed by atoms with Crippen LogP contribution in [0.4, 0.5) is 5.69 Å². The number of anilines is 1. The summed E-state index contributed by atoms with van der Waals surface area (Å²) in [6.07, 6.45) is 3.17. The predicted octanol–water partition coefficient (Wildman–Crippen LogP) is 2.32.